The Balaban J connectivity index is 2.06. The minimum atomic E-state index is -4.20. The fraction of sp³-hybridized carbons (Fsp3) is 0.200. The van der Waals surface area contributed by atoms with Crippen molar-refractivity contribution in [2.45, 2.75) is 24.4 Å². The number of amides is 2. The van der Waals surface area contributed by atoms with E-state index in [0.717, 1.165) is 9.87 Å². The maximum absolute atomic E-state index is 13.6. The van der Waals surface area contributed by atoms with Gasteiger partial charge in [0.15, 0.2) is 0 Å². The van der Waals surface area contributed by atoms with E-state index in [4.69, 9.17) is 23.2 Å². The van der Waals surface area contributed by atoms with Crippen LogP contribution in [0.1, 0.15) is 12.5 Å². The van der Waals surface area contributed by atoms with Crippen LogP contribution in [0.3, 0.4) is 0 Å². The molecular weight excluding hydrogens is 509 g/mol. The lowest BCUT2D eigenvalue weighted by Gasteiger charge is -2.32. The predicted molar refractivity (Wildman–Crippen MR) is 138 cm³/mol. The molecule has 0 aliphatic heterocycles. The number of anilines is 1. The quantitative estimate of drug-likeness (QED) is 0.442. The number of sulfonamides is 1. The van der Waals surface area contributed by atoms with E-state index in [9.17, 15) is 18.0 Å². The minimum Gasteiger partial charge on any atom is -0.357 e. The number of nitrogens with zero attached hydrogens (tertiary/aromatic N) is 2. The summed E-state index contributed by atoms with van der Waals surface area (Å²) < 4.78 is 28.2. The second-order valence-electron chi connectivity index (χ2n) is 7.72. The monoisotopic (exact) mass is 533 g/mol. The number of benzene rings is 3. The molecule has 10 heteroatoms. The zero-order valence-corrected chi connectivity index (χ0v) is 21.5. The van der Waals surface area contributed by atoms with Gasteiger partial charge in [-0.1, -0.05) is 71.7 Å². The van der Waals surface area contributed by atoms with Gasteiger partial charge in [-0.15, -0.1) is 0 Å². The van der Waals surface area contributed by atoms with E-state index in [1.807, 2.05) is 30.3 Å². The van der Waals surface area contributed by atoms with Gasteiger partial charge < -0.3 is 10.2 Å². The first-order valence-corrected chi connectivity index (χ1v) is 12.9. The lowest BCUT2D eigenvalue weighted by atomic mass is 10.1. The molecule has 0 radical (unpaired) electrons. The van der Waals surface area contributed by atoms with Crippen LogP contribution in [0.15, 0.2) is 83.8 Å². The normalized spacial score (nSPS) is 12.0. The number of rotatable bonds is 9. The number of hydrogen-bond acceptors (Lipinski definition) is 4. The molecule has 0 heterocycles. The lowest BCUT2D eigenvalue weighted by Crippen LogP contribution is -2.50. The van der Waals surface area contributed by atoms with Crippen molar-refractivity contribution in [1.82, 2.24) is 10.2 Å². The summed E-state index contributed by atoms with van der Waals surface area (Å²) >= 11 is 12.5. The number of likely N-dealkylation sites (N-methyl/N-ethyl adjacent to an activating group) is 1. The molecule has 3 aromatic carbocycles. The van der Waals surface area contributed by atoms with Gasteiger partial charge in [-0.2, -0.15) is 0 Å². The van der Waals surface area contributed by atoms with Gasteiger partial charge in [-0.25, -0.2) is 8.42 Å². The zero-order valence-electron chi connectivity index (χ0n) is 19.2. The largest absolute Gasteiger partial charge is 0.357 e. The SMILES string of the molecule is CNC(=O)C(C)N(Cc1ccccc1)C(=O)CN(c1cc(Cl)ccc1Cl)S(=O)(=O)c1ccccc1. The molecule has 7 nitrogen and oxygen atoms in total. The third-order valence-electron chi connectivity index (χ3n) is 5.40. The van der Waals surface area contributed by atoms with E-state index < -0.39 is 28.5 Å². The molecule has 0 saturated heterocycles. The van der Waals surface area contributed by atoms with E-state index in [2.05, 4.69) is 5.32 Å². The molecule has 0 spiro atoms. The van der Waals surface area contributed by atoms with Crippen molar-refractivity contribution in [2.24, 2.45) is 0 Å². The highest BCUT2D eigenvalue weighted by Crippen LogP contribution is 2.33. The molecule has 3 aromatic rings. The standard InChI is InChI=1S/C25H25Cl2N3O4S/c1-18(25(32)28-2)29(16-19-9-5-3-6-10-19)24(31)17-30(23-15-20(26)13-14-22(23)27)35(33,34)21-11-7-4-8-12-21/h3-15,18H,16-17H2,1-2H3,(H,28,32). The van der Waals surface area contributed by atoms with Crippen LogP contribution < -0.4 is 9.62 Å². The maximum Gasteiger partial charge on any atom is 0.264 e. The van der Waals surface area contributed by atoms with Crippen LogP contribution in [0.2, 0.25) is 10.0 Å². The molecule has 0 fully saturated rings. The van der Waals surface area contributed by atoms with Crippen LogP contribution in [0.4, 0.5) is 5.69 Å². The number of halogens is 2. The van der Waals surface area contributed by atoms with Gasteiger partial charge in [0, 0.05) is 18.6 Å². The van der Waals surface area contributed by atoms with Gasteiger partial charge in [-0.05, 0) is 42.8 Å². The van der Waals surface area contributed by atoms with Crippen molar-refractivity contribution in [3.05, 3.63) is 94.5 Å². The van der Waals surface area contributed by atoms with E-state index in [-0.39, 0.29) is 33.1 Å². The molecule has 3 rings (SSSR count). The first kappa shape index (κ1) is 26.5. The van der Waals surface area contributed by atoms with Crippen LogP contribution in [-0.2, 0) is 26.2 Å². The van der Waals surface area contributed by atoms with Gasteiger partial charge in [0.05, 0.1) is 15.6 Å². The summed E-state index contributed by atoms with van der Waals surface area (Å²) in [5.74, 6) is -0.965. The highest BCUT2D eigenvalue weighted by atomic mass is 35.5. The Morgan fingerprint density at radius 3 is 2.14 bits per heavy atom. The van der Waals surface area contributed by atoms with Gasteiger partial charge in [0.2, 0.25) is 11.8 Å². The topological polar surface area (TPSA) is 86.8 Å². The Morgan fingerprint density at radius 2 is 1.54 bits per heavy atom. The zero-order chi connectivity index (χ0) is 25.6. The molecule has 184 valence electrons. The first-order valence-electron chi connectivity index (χ1n) is 10.7. The van der Waals surface area contributed by atoms with E-state index in [1.165, 1.54) is 42.3 Å². The van der Waals surface area contributed by atoms with Crippen molar-refractivity contribution in [3.8, 4) is 0 Å². The number of carbonyl (C=O) groups excluding carboxylic acids is 2. The van der Waals surface area contributed by atoms with E-state index in [0.29, 0.717) is 0 Å². The van der Waals surface area contributed by atoms with E-state index >= 15 is 0 Å². The number of carbonyl (C=O) groups is 2. The summed E-state index contributed by atoms with van der Waals surface area (Å²) in [5, 5.41) is 2.90. The molecule has 1 N–H and O–H groups in total. The Labute approximate surface area is 215 Å². The van der Waals surface area contributed by atoms with Gasteiger partial charge in [0.1, 0.15) is 12.6 Å². The van der Waals surface area contributed by atoms with Crippen molar-refractivity contribution >= 4 is 50.7 Å². The van der Waals surface area contributed by atoms with Crippen LogP contribution >= 0.6 is 23.2 Å². The summed E-state index contributed by atoms with van der Waals surface area (Å²) in [5.41, 5.74) is 0.846. The molecule has 35 heavy (non-hydrogen) atoms. The fourth-order valence-electron chi connectivity index (χ4n) is 3.48. The van der Waals surface area contributed by atoms with Gasteiger partial charge >= 0.3 is 0 Å². The van der Waals surface area contributed by atoms with Gasteiger partial charge in [0.25, 0.3) is 10.0 Å². The van der Waals surface area contributed by atoms with Crippen molar-refractivity contribution < 1.29 is 18.0 Å². The second kappa shape index (κ2) is 11.6. The van der Waals surface area contributed by atoms with Crippen LogP contribution in [0.5, 0.6) is 0 Å². The van der Waals surface area contributed by atoms with Crippen molar-refractivity contribution in [2.75, 3.05) is 17.9 Å². The summed E-state index contributed by atoms with van der Waals surface area (Å²) in [7, 11) is -2.73. The maximum atomic E-state index is 13.6. The summed E-state index contributed by atoms with van der Waals surface area (Å²) in [4.78, 5) is 27.4. The Kier molecular flexibility index (Phi) is 8.77. The van der Waals surface area contributed by atoms with Crippen LogP contribution in [0, 0.1) is 0 Å². The van der Waals surface area contributed by atoms with Crippen LogP contribution in [0.25, 0.3) is 0 Å². The molecule has 0 saturated carbocycles. The molecular formula is C25H25Cl2N3O4S. The number of nitrogens with one attached hydrogen (secondary N) is 1. The fourth-order valence-corrected chi connectivity index (χ4v) is 5.36. The van der Waals surface area contributed by atoms with Gasteiger partial charge in [-0.3, -0.25) is 13.9 Å². The Hall–Kier alpha value is -3.07. The molecule has 0 aliphatic rings. The summed E-state index contributed by atoms with van der Waals surface area (Å²) in [6.07, 6.45) is 0. The lowest BCUT2D eigenvalue weighted by molar-refractivity contribution is -0.139. The Bertz CT molecular complexity index is 1290. The summed E-state index contributed by atoms with van der Waals surface area (Å²) in [6.45, 7) is 1.10. The molecule has 2 amide bonds. The predicted octanol–water partition coefficient (Wildman–Crippen LogP) is 4.35. The molecule has 0 bridgehead atoms. The molecule has 0 aliphatic carbocycles. The molecule has 0 aromatic heterocycles. The molecule has 1 atom stereocenters. The van der Waals surface area contributed by atoms with Crippen molar-refractivity contribution in [3.63, 3.8) is 0 Å². The average molecular weight is 534 g/mol. The molecule has 1 unspecified atom stereocenters. The smallest absolute Gasteiger partial charge is 0.264 e. The summed E-state index contributed by atoms with van der Waals surface area (Å²) in [6, 6.07) is 20.4. The highest BCUT2D eigenvalue weighted by Gasteiger charge is 2.33. The number of hydrogen-bond donors (Lipinski definition) is 1. The Morgan fingerprint density at radius 1 is 0.943 bits per heavy atom. The van der Waals surface area contributed by atoms with Crippen LogP contribution in [-0.4, -0.2) is 44.8 Å². The highest BCUT2D eigenvalue weighted by molar-refractivity contribution is 7.92. The van der Waals surface area contributed by atoms with Crippen molar-refractivity contribution in [1.29, 1.82) is 0 Å². The first-order chi connectivity index (χ1) is 16.6. The average Bonchev–Trinajstić information content (AvgIpc) is 2.87. The van der Waals surface area contributed by atoms with E-state index in [1.54, 1.807) is 25.1 Å². The second-order valence-corrected chi connectivity index (χ2v) is 10.4. The third-order valence-corrected chi connectivity index (χ3v) is 7.73. The minimum absolute atomic E-state index is 0.0159. The third kappa shape index (κ3) is 6.33.